The number of nitrogens with zero attached hydrogens (tertiary/aromatic N) is 5. The Balaban J connectivity index is 1.61. The minimum absolute atomic E-state index is 0.0370. The van der Waals surface area contributed by atoms with Gasteiger partial charge in [0, 0.05) is 49.0 Å². The first-order chi connectivity index (χ1) is 11.8. The van der Waals surface area contributed by atoms with Gasteiger partial charge in [0.15, 0.2) is 0 Å². The molecule has 4 heterocycles. The second-order valence-corrected chi connectivity index (χ2v) is 5.80. The Kier molecular flexibility index (Phi) is 3.78. The molecule has 0 aromatic carbocycles. The minimum atomic E-state index is 0.0370. The van der Waals surface area contributed by atoms with E-state index in [2.05, 4.69) is 21.1 Å². The van der Waals surface area contributed by atoms with Crippen molar-refractivity contribution in [1.82, 2.24) is 24.6 Å². The molecule has 6 heteroatoms. The Labute approximate surface area is 139 Å². The van der Waals surface area contributed by atoms with Gasteiger partial charge in [0.05, 0.1) is 17.9 Å². The van der Waals surface area contributed by atoms with Gasteiger partial charge in [-0.2, -0.15) is 5.10 Å². The highest BCUT2D eigenvalue weighted by atomic mass is 16.2. The molecule has 0 bridgehead atoms. The lowest BCUT2D eigenvalue weighted by molar-refractivity contribution is 0.0745. The number of hydrogen-bond donors (Lipinski definition) is 0. The molecular formula is C18H17N5O. The summed E-state index contributed by atoms with van der Waals surface area (Å²) < 4.78 is 2.00. The molecule has 0 aliphatic carbocycles. The van der Waals surface area contributed by atoms with Gasteiger partial charge in [0.2, 0.25) is 0 Å². The number of aromatic nitrogens is 4. The van der Waals surface area contributed by atoms with Crippen LogP contribution in [0.15, 0.2) is 55.1 Å². The van der Waals surface area contributed by atoms with E-state index in [0.29, 0.717) is 12.1 Å². The highest BCUT2D eigenvalue weighted by Crippen LogP contribution is 2.22. The van der Waals surface area contributed by atoms with Crippen LogP contribution in [0.25, 0.3) is 11.3 Å². The molecule has 6 nitrogen and oxygen atoms in total. The van der Waals surface area contributed by atoms with E-state index >= 15 is 0 Å². The number of amides is 1. The van der Waals surface area contributed by atoms with Gasteiger partial charge in [-0.3, -0.25) is 19.4 Å². The van der Waals surface area contributed by atoms with E-state index in [0.717, 1.165) is 36.5 Å². The molecule has 0 spiro atoms. The summed E-state index contributed by atoms with van der Waals surface area (Å²) in [5.41, 5.74) is 3.61. The van der Waals surface area contributed by atoms with E-state index in [9.17, 15) is 4.79 Å². The Hall–Kier alpha value is -3.02. The summed E-state index contributed by atoms with van der Waals surface area (Å²) in [6.07, 6.45) is 7.74. The van der Waals surface area contributed by atoms with E-state index in [-0.39, 0.29) is 5.91 Å². The van der Waals surface area contributed by atoms with E-state index < -0.39 is 0 Å². The maximum absolute atomic E-state index is 12.7. The second-order valence-electron chi connectivity index (χ2n) is 5.80. The fourth-order valence-corrected chi connectivity index (χ4v) is 2.97. The van der Waals surface area contributed by atoms with Gasteiger partial charge in [-0.1, -0.05) is 0 Å². The number of pyridine rings is 2. The molecule has 0 saturated heterocycles. The minimum Gasteiger partial charge on any atom is -0.333 e. The van der Waals surface area contributed by atoms with Crippen molar-refractivity contribution in [3.63, 3.8) is 0 Å². The largest absolute Gasteiger partial charge is 0.333 e. The first-order valence-electron chi connectivity index (χ1n) is 7.98. The monoisotopic (exact) mass is 319 g/mol. The highest BCUT2D eigenvalue weighted by Gasteiger charge is 2.22. The molecule has 120 valence electrons. The predicted molar refractivity (Wildman–Crippen MR) is 89.1 cm³/mol. The Morgan fingerprint density at radius 3 is 2.71 bits per heavy atom. The average Bonchev–Trinajstić information content (AvgIpc) is 2.94. The summed E-state index contributed by atoms with van der Waals surface area (Å²) in [4.78, 5) is 22.7. The fourth-order valence-electron chi connectivity index (χ4n) is 2.97. The molecule has 1 aliphatic rings. The number of aryl methyl sites for hydroxylation is 1. The van der Waals surface area contributed by atoms with Gasteiger partial charge in [-0.05, 0) is 36.8 Å². The van der Waals surface area contributed by atoms with Crippen LogP contribution in [0.4, 0.5) is 0 Å². The number of carbonyl (C=O) groups is 1. The maximum Gasteiger partial charge on any atom is 0.254 e. The van der Waals surface area contributed by atoms with Crippen molar-refractivity contribution in [2.24, 2.45) is 0 Å². The molecule has 0 unspecified atom stereocenters. The molecule has 1 amide bonds. The molecule has 0 fully saturated rings. The van der Waals surface area contributed by atoms with Crippen LogP contribution in [0.5, 0.6) is 0 Å². The third-order valence-electron chi connectivity index (χ3n) is 4.19. The van der Waals surface area contributed by atoms with Gasteiger partial charge < -0.3 is 4.90 Å². The van der Waals surface area contributed by atoms with Gasteiger partial charge in [-0.25, -0.2) is 0 Å². The molecular weight excluding hydrogens is 302 g/mol. The van der Waals surface area contributed by atoms with Crippen LogP contribution in [0.1, 0.15) is 22.5 Å². The summed E-state index contributed by atoms with van der Waals surface area (Å²) in [7, 11) is 0. The fraction of sp³-hybridized carbons (Fsp3) is 0.222. The predicted octanol–water partition coefficient (Wildman–Crippen LogP) is 2.39. The SMILES string of the molecule is O=C(c1ccncc1)N1CCCn2nc(-c3cccnc3)cc2C1. The third kappa shape index (κ3) is 2.78. The van der Waals surface area contributed by atoms with Crippen LogP contribution >= 0.6 is 0 Å². The van der Waals surface area contributed by atoms with E-state index in [1.165, 1.54) is 0 Å². The van der Waals surface area contributed by atoms with Crippen LogP contribution in [-0.4, -0.2) is 37.1 Å². The highest BCUT2D eigenvalue weighted by molar-refractivity contribution is 5.94. The van der Waals surface area contributed by atoms with Crippen molar-refractivity contribution in [2.45, 2.75) is 19.5 Å². The summed E-state index contributed by atoms with van der Waals surface area (Å²) >= 11 is 0. The molecule has 0 radical (unpaired) electrons. The number of hydrogen-bond acceptors (Lipinski definition) is 4. The van der Waals surface area contributed by atoms with Gasteiger partial charge >= 0.3 is 0 Å². The number of carbonyl (C=O) groups excluding carboxylic acids is 1. The van der Waals surface area contributed by atoms with Crippen molar-refractivity contribution in [3.05, 3.63) is 66.4 Å². The van der Waals surface area contributed by atoms with Gasteiger partial charge in [0.25, 0.3) is 5.91 Å². The van der Waals surface area contributed by atoms with E-state index in [4.69, 9.17) is 0 Å². The zero-order valence-corrected chi connectivity index (χ0v) is 13.2. The number of rotatable bonds is 2. The summed E-state index contributed by atoms with van der Waals surface area (Å²) in [5.74, 6) is 0.0370. The average molecular weight is 319 g/mol. The number of fused-ring (bicyclic) bond motifs is 1. The van der Waals surface area contributed by atoms with Crippen LogP contribution in [-0.2, 0) is 13.1 Å². The topological polar surface area (TPSA) is 63.9 Å². The summed E-state index contributed by atoms with van der Waals surface area (Å²) in [6.45, 7) is 2.11. The van der Waals surface area contributed by atoms with Gasteiger partial charge in [-0.15, -0.1) is 0 Å². The van der Waals surface area contributed by atoms with E-state index in [1.807, 2.05) is 27.9 Å². The van der Waals surface area contributed by atoms with Crippen LogP contribution in [0.3, 0.4) is 0 Å². The van der Waals surface area contributed by atoms with Gasteiger partial charge in [0.1, 0.15) is 0 Å². The van der Waals surface area contributed by atoms with Crippen molar-refractivity contribution < 1.29 is 4.79 Å². The quantitative estimate of drug-likeness (QED) is 0.727. The lowest BCUT2D eigenvalue weighted by Gasteiger charge is -2.19. The zero-order valence-electron chi connectivity index (χ0n) is 13.2. The first kappa shape index (κ1) is 14.6. The van der Waals surface area contributed by atoms with Crippen molar-refractivity contribution in [3.8, 4) is 11.3 Å². The third-order valence-corrected chi connectivity index (χ3v) is 4.19. The van der Waals surface area contributed by atoms with Crippen LogP contribution < -0.4 is 0 Å². The molecule has 0 N–H and O–H groups in total. The Morgan fingerprint density at radius 1 is 1.04 bits per heavy atom. The molecule has 3 aromatic heterocycles. The summed E-state index contributed by atoms with van der Waals surface area (Å²) in [5, 5.41) is 4.68. The smallest absolute Gasteiger partial charge is 0.254 e. The molecule has 0 saturated carbocycles. The van der Waals surface area contributed by atoms with Crippen molar-refractivity contribution >= 4 is 5.91 Å². The van der Waals surface area contributed by atoms with Crippen molar-refractivity contribution in [1.29, 1.82) is 0 Å². The molecule has 24 heavy (non-hydrogen) atoms. The standard InChI is InChI=1S/C18H17N5O/c24-18(14-4-7-19-8-5-14)22-9-2-10-23-16(13-22)11-17(21-23)15-3-1-6-20-12-15/h1,3-8,11-12H,2,9-10,13H2. The molecule has 0 atom stereocenters. The summed E-state index contributed by atoms with van der Waals surface area (Å²) in [6, 6.07) is 9.46. The Morgan fingerprint density at radius 2 is 1.92 bits per heavy atom. The lowest BCUT2D eigenvalue weighted by atomic mass is 10.2. The first-order valence-corrected chi connectivity index (χ1v) is 7.98. The lowest BCUT2D eigenvalue weighted by Crippen LogP contribution is -2.30. The maximum atomic E-state index is 12.7. The van der Waals surface area contributed by atoms with Crippen LogP contribution in [0.2, 0.25) is 0 Å². The zero-order chi connectivity index (χ0) is 16.4. The second kappa shape index (κ2) is 6.23. The normalized spacial score (nSPS) is 14.1. The molecule has 4 rings (SSSR count). The van der Waals surface area contributed by atoms with Crippen molar-refractivity contribution in [2.75, 3.05) is 6.54 Å². The molecule has 3 aromatic rings. The van der Waals surface area contributed by atoms with E-state index in [1.54, 1.807) is 30.7 Å². The van der Waals surface area contributed by atoms with Crippen LogP contribution in [0, 0.1) is 0 Å². The molecule has 1 aliphatic heterocycles. The Bertz CT molecular complexity index is 844.